The van der Waals surface area contributed by atoms with Gasteiger partial charge >= 0.3 is 0 Å². The van der Waals surface area contributed by atoms with Gasteiger partial charge in [0.25, 0.3) is 5.91 Å². The maximum absolute atomic E-state index is 12.8. The third-order valence-corrected chi connectivity index (χ3v) is 7.54. The third kappa shape index (κ3) is 4.72. The molecule has 3 aromatic rings. The van der Waals surface area contributed by atoms with Crippen LogP contribution in [-0.2, 0) is 6.42 Å². The van der Waals surface area contributed by atoms with E-state index in [1.807, 2.05) is 28.8 Å². The van der Waals surface area contributed by atoms with Gasteiger partial charge in [0.05, 0.1) is 11.6 Å². The number of pyridine rings is 1. The van der Waals surface area contributed by atoms with Crippen LogP contribution in [0.4, 0.5) is 0 Å². The van der Waals surface area contributed by atoms with Crippen molar-refractivity contribution in [3.05, 3.63) is 52.1 Å². The Morgan fingerprint density at radius 3 is 2.84 bits per heavy atom. The Morgan fingerprint density at radius 1 is 1.22 bits per heavy atom. The summed E-state index contributed by atoms with van der Waals surface area (Å²) in [5.41, 5.74) is 1.43. The Labute approximate surface area is 193 Å². The first-order valence-corrected chi connectivity index (χ1v) is 12.6. The molecule has 1 aliphatic heterocycles. The minimum Gasteiger partial charge on any atom is -0.352 e. The number of piperazine rings is 1. The molecule has 1 aliphatic carbocycles. The summed E-state index contributed by atoms with van der Waals surface area (Å²) in [5.74, 6) is 1.76. The van der Waals surface area contributed by atoms with Crippen LogP contribution in [0.1, 0.15) is 53.8 Å². The quantitative estimate of drug-likeness (QED) is 0.568. The molecular formula is C24H32N6OS. The summed E-state index contributed by atoms with van der Waals surface area (Å²) in [4.78, 5) is 19.2. The van der Waals surface area contributed by atoms with Crippen molar-refractivity contribution in [1.29, 1.82) is 0 Å². The fraction of sp³-hybridized carbons (Fsp3) is 0.542. The van der Waals surface area contributed by atoms with E-state index in [0.717, 1.165) is 43.4 Å². The van der Waals surface area contributed by atoms with Crippen molar-refractivity contribution < 1.29 is 4.79 Å². The SMILES string of the molecule is CC(C)N1CCN(CC2CC2)C[C@H]1c1nnc2ccc(C(=O)NCCc3cccs3)cn12. The lowest BCUT2D eigenvalue weighted by Gasteiger charge is -2.42. The van der Waals surface area contributed by atoms with Gasteiger partial charge in [-0.05, 0) is 62.6 Å². The first-order chi connectivity index (χ1) is 15.6. The summed E-state index contributed by atoms with van der Waals surface area (Å²) in [5, 5.41) is 14.1. The van der Waals surface area contributed by atoms with Gasteiger partial charge in [0.15, 0.2) is 11.5 Å². The smallest absolute Gasteiger partial charge is 0.252 e. The largest absolute Gasteiger partial charge is 0.352 e. The number of fused-ring (bicyclic) bond motifs is 1. The molecule has 1 saturated heterocycles. The molecule has 1 N–H and O–H groups in total. The van der Waals surface area contributed by atoms with Crippen molar-refractivity contribution >= 4 is 22.9 Å². The second-order valence-corrected chi connectivity index (χ2v) is 10.4. The van der Waals surface area contributed by atoms with Crippen LogP contribution in [0.3, 0.4) is 0 Å². The highest BCUT2D eigenvalue weighted by atomic mass is 32.1. The summed E-state index contributed by atoms with van der Waals surface area (Å²) in [6.07, 6.45) is 5.50. The van der Waals surface area contributed by atoms with Gasteiger partial charge < -0.3 is 5.32 Å². The standard InChI is InChI=1S/C24H32N6OS/c1-17(2)29-12-11-28(14-18-5-6-18)16-21(29)23-27-26-22-8-7-19(15-30(22)23)24(31)25-10-9-20-4-3-13-32-20/h3-4,7-8,13,15,17-18,21H,5-6,9-12,14,16H2,1-2H3,(H,25,31)/t21-/m0/s1. The molecule has 7 nitrogen and oxygen atoms in total. The van der Waals surface area contributed by atoms with E-state index in [2.05, 4.69) is 50.6 Å². The number of amides is 1. The number of thiophene rings is 1. The topological polar surface area (TPSA) is 65.8 Å². The first kappa shape index (κ1) is 21.6. The van der Waals surface area contributed by atoms with Gasteiger partial charge in [-0.2, -0.15) is 0 Å². The zero-order chi connectivity index (χ0) is 22.1. The zero-order valence-electron chi connectivity index (χ0n) is 18.9. The second-order valence-electron chi connectivity index (χ2n) is 9.34. The van der Waals surface area contributed by atoms with E-state index in [-0.39, 0.29) is 11.9 Å². The van der Waals surface area contributed by atoms with Crippen LogP contribution < -0.4 is 5.32 Å². The van der Waals surface area contributed by atoms with Gasteiger partial charge in [-0.3, -0.25) is 19.0 Å². The average Bonchev–Trinajstić information content (AvgIpc) is 3.27. The van der Waals surface area contributed by atoms with E-state index in [9.17, 15) is 4.79 Å². The molecule has 1 atom stereocenters. The van der Waals surface area contributed by atoms with Crippen LogP contribution in [0.25, 0.3) is 5.65 Å². The molecule has 0 radical (unpaired) electrons. The molecule has 5 rings (SSSR count). The van der Waals surface area contributed by atoms with Gasteiger partial charge in [0.2, 0.25) is 0 Å². The summed E-state index contributed by atoms with van der Waals surface area (Å²) in [6, 6.07) is 8.49. The van der Waals surface area contributed by atoms with Crippen LogP contribution >= 0.6 is 11.3 Å². The fourth-order valence-electron chi connectivity index (χ4n) is 4.66. The van der Waals surface area contributed by atoms with Crippen LogP contribution in [0.5, 0.6) is 0 Å². The molecule has 8 heteroatoms. The lowest BCUT2D eigenvalue weighted by Crippen LogP contribution is -2.51. The van der Waals surface area contributed by atoms with Crippen molar-refractivity contribution in [2.45, 2.75) is 45.2 Å². The maximum atomic E-state index is 12.8. The molecule has 0 bridgehead atoms. The number of aromatic nitrogens is 3. The molecule has 0 unspecified atom stereocenters. The van der Waals surface area contributed by atoms with E-state index in [1.54, 1.807) is 11.3 Å². The molecule has 32 heavy (non-hydrogen) atoms. The highest BCUT2D eigenvalue weighted by molar-refractivity contribution is 7.09. The number of hydrogen-bond acceptors (Lipinski definition) is 6. The number of nitrogens with one attached hydrogen (secondary N) is 1. The molecule has 1 saturated carbocycles. The van der Waals surface area contributed by atoms with Crippen LogP contribution in [0, 0.1) is 5.92 Å². The summed E-state index contributed by atoms with van der Waals surface area (Å²) < 4.78 is 2.02. The molecule has 2 aliphatic rings. The Balaban J connectivity index is 1.35. The van der Waals surface area contributed by atoms with Gasteiger partial charge in [-0.25, -0.2) is 0 Å². The van der Waals surface area contributed by atoms with E-state index >= 15 is 0 Å². The highest BCUT2D eigenvalue weighted by Gasteiger charge is 2.35. The fourth-order valence-corrected chi connectivity index (χ4v) is 5.37. The number of nitrogens with zero attached hydrogens (tertiary/aromatic N) is 5. The third-order valence-electron chi connectivity index (χ3n) is 6.61. The Bertz CT molecular complexity index is 1060. The van der Waals surface area contributed by atoms with Crippen LogP contribution in [-0.4, -0.2) is 69.1 Å². The zero-order valence-corrected chi connectivity index (χ0v) is 19.7. The number of hydrogen-bond donors (Lipinski definition) is 1. The Hall–Kier alpha value is -2.29. The Kier molecular flexibility index (Phi) is 6.26. The molecule has 3 aromatic heterocycles. The van der Waals surface area contributed by atoms with Crippen molar-refractivity contribution in [1.82, 2.24) is 29.7 Å². The normalized spacial score (nSPS) is 20.3. The lowest BCUT2D eigenvalue weighted by atomic mass is 10.1. The van der Waals surface area contributed by atoms with Crippen molar-refractivity contribution in [2.75, 3.05) is 32.7 Å². The number of rotatable bonds is 8. The summed E-state index contributed by atoms with van der Waals surface area (Å²) in [7, 11) is 0. The Morgan fingerprint density at radius 2 is 2.09 bits per heavy atom. The van der Waals surface area contributed by atoms with E-state index in [4.69, 9.17) is 0 Å². The molecule has 0 aromatic carbocycles. The lowest BCUT2D eigenvalue weighted by molar-refractivity contribution is 0.0437. The average molecular weight is 453 g/mol. The molecule has 4 heterocycles. The van der Waals surface area contributed by atoms with E-state index in [0.29, 0.717) is 18.2 Å². The van der Waals surface area contributed by atoms with Crippen molar-refractivity contribution in [3.63, 3.8) is 0 Å². The van der Waals surface area contributed by atoms with Crippen LogP contribution in [0.15, 0.2) is 35.8 Å². The number of carbonyl (C=O) groups is 1. The molecule has 0 spiro atoms. The molecular weight excluding hydrogens is 420 g/mol. The van der Waals surface area contributed by atoms with Gasteiger partial charge in [-0.15, -0.1) is 21.5 Å². The minimum atomic E-state index is -0.0529. The highest BCUT2D eigenvalue weighted by Crippen LogP contribution is 2.33. The van der Waals surface area contributed by atoms with Crippen molar-refractivity contribution in [3.8, 4) is 0 Å². The second kappa shape index (κ2) is 9.29. The summed E-state index contributed by atoms with van der Waals surface area (Å²) in [6.45, 7) is 9.43. The van der Waals surface area contributed by atoms with E-state index < -0.39 is 0 Å². The minimum absolute atomic E-state index is 0.0529. The first-order valence-electron chi connectivity index (χ1n) is 11.7. The predicted molar refractivity (Wildman–Crippen MR) is 127 cm³/mol. The molecule has 2 fully saturated rings. The predicted octanol–water partition coefficient (Wildman–Crippen LogP) is 3.24. The molecule has 1 amide bonds. The van der Waals surface area contributed by atoms with Gasteiger partial charge in [0.1, 0.15) is 0 Å². The maximum Gasteiger partial charge on any atom is 0.252 e. The van der Waals surface area contributed by atoms with Gasteiger partial charge in [0, 0.05) is 49.8 Å². The van der Waals surface area contributed by atoms with Crippen molar-refractivity contribution in [2.24, 2.45) is 5.92 Å². The monoisotopic (exact) mass is 452 g/mol. The molecule has 170 valence electrons. The van der Waals surface area contributed by atoms with E-state index in [1.165, 1.54) is 24.3 Å². The number of carbonyl (C=O) groups excluding carboxylic acids is 1. The van der Waals surface area contributed by atoms with Crippen LogP contribution in [0.2, 0.25) is 0 Å². The van der Waals surface area contributed by atoms with Gasteiger partial charge in [-0.1, -0.05) is 6.07 Å². The summed E-state index contributed by atoms with van der Waals surface area (Å²) >= 11 is 1.72.